The Morgan fingerprint density at radius 1 is 0.923 bits per heavy atom. The Balaban J connectivity index is 3.50. The third-order valence-corrected chi connectivity index (χ3v) is 3.24. The second-order valence-electron chi connectivity index (χ2n) is 4.66. The fraction of sp³-hybridized carbons (Fsp3) is 1.00. The van der Waals surface area contributed by atoms with Gasteiger partial charge in [-0.3, -0.25) is 0 Å². The Morgan fingerprint density at radius 3 is 2.00 bits per heavy atom. The molecule has 0 aromatic heterocycles. The maximum Gasteiger partial charge on any atom is -0.00490 e. The van der Waals surface area contributed by atoms with Crippen LogP contribution >= 0.6 is 0 Å². The molecule has 0 aromatic carbocycles. The number of hydrogen-bond donors (Lipinski definition) is 1. The summed E-state index contributed by atoms with van der Waals surface area (Å²) in [4.78, 5) is 0. The number of hydrogen-bond acceptors (Lipinski definition) is 1. The van der Waals surface area contributed by atoms with Gasteiger partial charge in [0, 0.05) is 0 Å². The molecule has 0 heterocycles. The highest BCUT2D eigenvalue weighted by atomic mass is 14.5. The van der Waals surface area contributed by atoms with Crippen molar-refractivity contribution >= 4 is 0 Å². The van der Waals surface area contributed by atoms with E-state index >= 15 is 0 Å². The van der Waals surface area contributed by atoms with Gasteiger partial charge in [0.2, 0.25) is 0 Å². The maximum atomic E-state index is 5.64. The predicted molar refractivity (Wildman–Crippen MR) is 60.7 cm³/mol. The van der Waals surface area contributed by atoms with Crippen LogP contribution in [0.1, 0.15) is 53.4 Å². The molecule has 0 rings (SSSR count). The van der Waals surface area contributed by atoms with Gasteiger partial charge in [-0.2, -0.15) is 0 Å². The molecule has 0 saturated heterocycles. The molecule has 0 bridgehead atoms. The average Bonchev–Trinajstić information content (AvgIpc) is 2.13. The molecule has 80 valence electrons. The molecular weight excluding hydrogens is 158 g/mol. The molecule has 3 atom stereocenters. The van der Waals surface area contributed by atoms with Gasteiger partial charge in [0.25, 0.3) is 0 Å². The summed E-state index contributed by atoms with van der Waals surface area (Å²) in [5, 5.41) is 0. The maximum absolute atomic E-state index is 5.64. The molecule has 1 heteroatoms. The lowest BCUT2D eigenvalue weighted by Crippen LogP contribution is -2.18. The van der Waals surface area contributed by atoms with Gasteiger partial charge in [-0.1, -0.05) is 53.4 Å². The van der Waals surface area contributed by atoms with Crippen LogP contribution in [0.2, 0.25) is 0 Å². The van der Waals surface area contributed by atoms with Crippen molar-refractivity contribution in [2.45, 2.75) is 53.4 Å². The minimum absolute atomic E-state index is 0.689. The van der Waals surface area contributed by atoms with E-state index in [2.05, 4.69) is 27.7 Å². The van der Waals surface area contributed by atoms with Crippen LogP contribution in [0.15, 0.2) is 0 Å². The zero-order chi connectivity index (χ0) is 10.3. The van der Waals surface area contributed by atoms with Gasteiger partial charge < -0.3 is 5.73 Å². The van der Waals surface area contributed by atoms with Gasteiger partial charge >= 0.3 is 0 Å². The third kappa shape index (κ3) is 6.09. The molecule has 0 spiro atoms. The quantitative estimate of drug-likeness (QED) is 0.646. The van der Waals surface area contributed by atoms with Gasteiger partial charge in [-0.05, 0) is 24.3 Å². The van der Waals surface area contributed by atoms with Crippen LogP contribution in [-0.2, 0) is 0 Å². The molecule has 0 fully saturated rings. The summed E-state index contributed by atoms with van der Waals surface area (Å²) in [7, 11) is 0. The monoisotopic (exact) mass is 185 g/mol. The van der Waals surface area contributed by atoms with Crippen molar-refractivity contribution in [3.63, 3.8) is 0 Å². The topological polar surface area (TPSA) is 26.0 Å². The summed E-state index contributed by atoms with van der Waals surface area (Å²) in [6.45, 7) is 10.1. The first kappa shape index (κ1) is 13.0. The Kier molecular flexibility index (Phi) is 7.35. The van der Waals surface area contributed by atoms with E-state index < -0.39 is 0 Å². The third-order valence-electron chi connectivity index (χ3n) is 3.24. The van der Waals surface area contributed by atoms with E-state index in [-0.39, 0.29) is 0 Å². The highest BCUT2D eigenvalue weighted by Crippen LogP contribution is 2.21. The van der Waals surface area contributed by atoms with E-state index in [0.717, 1.165) is 18.4 Å². The molecular formula is C12H27N. The summed E-state index contributed by atoms with van der Waals surface area (Å²) in [5.74, 6) is 2.38. The fourth-order valence-corrected chi connectivity index (χ4v) is 1.70. The molecule has 0 radical (unpaired) electrons. The van der Waals surface area contributed by atoms with E-state index in [9.17, 15) is 0 Å². The van der Waals surface area contributed by atoms with Crippen molar-refractivity contribution in [3.05, 3.63) is 0 Å². The smallest absolute Gasteiger partial charge is 0.00490 e. The Morgan fingerprint density at radius 2 is 1.54 bits per heavy atom. The molecule has 1 nitrogen and oxygen atoms in total. The number of nitrogens with two attached hydrogens (primary N) is 1. The first-order chi connectivity index (χ1) is 6.11. The van der Waals surface area contributed by atoms with E-state index in [1.54, 1.807) is 0 Å². The van der Waals surface area contributed by atoms with Gasteiger partial charge in [-0.15, -0.1) is 0 Å². The molecule has 0 aromatic rings. The first-order valence-corrected chi connectivity index (χ1v) is 5.81. The highest BCUT2D eigenvalue weighted by Gasteiger charge is 2.11. The van der Waals surface area contributed by atoms with Crippen molar-refractivity contribution in [1.29, 1.82) is 0 Å². The van der Waals surface area contributed by atoms with Crippen molar-refractivity contribution in [2.75, 3.05) is 6.54 Å². The normalized spacial score (nSPS) is 18.2. The van der Waals surface area contributed by atoms with Crippen molar-refractivity contribution in [1.82, 2.24) is 0 Å². The lowest BCUT2D eigenvalue weighted by molar-refractivity contribution is 0.330. The lowest BCUT2D eigenvalue weighted by Gasteiger charge is -2.19. The SMILES string of the molecule is CCCC(C)CCC(C)[C@H](C)CN. The van der Waals surface area contributed by atoms with Gasteiger partial charge in [0.15, 0.2) is 0 Å². The van der Waals surface area contributed by atoms with Crippen LogP contribution in [0.4, 0.5) is 0 Å². The molecule has 13 heavy (non-hydrogen) atoms. The zero-order valence-electron chi connectivity index (χ0n) is 9.84. The molecule has 2 unspecified atom stereocenters. The fourth-order valence-electron chi connectivity index (χ4n) is 1.70. The summed E-state index contributed by atoms with van der Waals surface area (Å²) in [5.41, 5.74) is 5.64. The van der Waals surface area contributed by atoms with Crippen LogP contribution in [0, 0.1) is 17.8 Å². The molecule has 0 amide bonds. The predicted octanol–water partition coefficient (Wildman–Crippen LogP) is 3.43. The van der Waals surface area contributed by atoms with Crippen LogP contribution in [0.3, 0.4) is 0 Å². The van der Waals surface area contributed by atoms with Crippen LogP contribution in [0.25, 0.3) is 0 Å². The minimum Gasteiger partial charge on any atom is -0.330 e. The van der Waals surface area contributed by atoms with Crippen LogP contribution < -0.4 is 5.73 Å². The first-order valence-electron chi connectivity index (χ1n) is 5.81. The van der Waals surface area contributed by atoms with E-state index in [0.29, 0.717) is 5.92 Å². The second-order valence-corrected chi connectivity index (χ2v) is 4.66. The molecule has 0 aliphatic rings. The van der Waals surface area contributed by atoms with E-state index in [1.165, 1.54) is 25.7 Å². The summed E-state index contributed by atoms with van der Waals surface area (Å²) >= 11 is 0. The van der Waals surface area contributed by atoms with Crippen LogP contribution in [-0.4, -0.2) is 6.54 Å². The van der Waals surface area contributed by atoms with Gasteiger partial charge in [-0.25, -0.2) is 0 Å². The molecule has 2 N–H and O–H groups in total. The second kappa shape index (κ2) is 7.37. The number of rotatable bonds is 7. The molecule has 0 aliphatic heterocycles. The standard InChI is InChI=1S/C12H27N/c1-5-6-10(2)7-8-11(3)12(4)9-13/h10-12H,5-9,13H2,1-4H3/t10?,11?,12-/m1/s1. The lowest BCUT2D eigenvalue weighted by atomic mass is 9.88. The van der Waals surface area contributed by atoms with E-state index in [1.807, 2.05) is 0 Å². The average molecular weight is 185 g/mol. The summed E-state index contributed by atoms with van der Waals surface area (Å²) in [6.07, 6.45) is 5.42. The molecule has 0 saturated carbocycles. The van der Waals surface area contributed by atoms with Crippen LogP contribution in [0.5, 0.6) is 0 Å². The van der Waals surface area contributed by atoms with Crippen molar-refractivity contribution < 1.29 is 0 Å². The zero-order valence-corrected chi connectivity index (χ0v) is 9.84. The minimum atomic E-state index is 0.689. The molecule has 0 aliphatic carbocycles. The van der Waals surface area contributed by atoms with E-state index in [4.69, 9.17) is 5.73 Å². The summed E-state index contributed by atoms with van der Waals surface area (Å²) in [6, 6.07) is 0. The van der Waals surface area contributed by atoms with Gasteiger partial charge in [0.05, 0.1) is 0 Å². The Bertz CT molecular complexity index is 112. The highest BCUT2D eigenvalue weighted by molar-refractivity contribution is 4.64. The van der Waals surface area contributed by atoms with Crippen molar-refractivity contribution in [2.24, 2.45) is 23.5 Å². The summed E-state index contributed by atoms with van der Waals surface area (Å²) < 4.78 is 0. The van der Waals surface area contributed by atoms with Crippen molar-refractivity contribution in [3.8, 4) is 0 Å². The Hall–Kier alpha value is -0.0400. The Labute approximate surface area is 84.1 Å². The van der Waals surface area contributed by atoms with Gasteiger partial charge in [0.1, 0.15) is 0 Å². The largest absolute Gasteiger partial charge is 0.330 e.